The molecule has 8 nitrogen and oxygen atoms in total. The number of methoxy groups -OCH3 is 2. The summed E-state index contributed by atoms with van der Waals surface area (Å²) >= 11 is 0. The molecule has 1 atom stereocenters. The maximum atomic E-state index is 12.4. The zero-order valence-corrected chi connectivity index (χ0v) is 17.2. The Morgan fingerprint density at radius 2 is 2.07 bits per heavy atom. The molecule has 2 aromatic rings. The molecule has 0 bridgehead atoms. The van der Waals surface area contributed by atoms with Gasteiger partial charge in [0, 0.05) is 43.2 Å². The van der Waals surface area contributed by atoms with Crippen molar-refractivity contribution in [1.82, 2.24) is 9.55 Å². The monoisotopic (exact) mass is 403 g/mol. The molecule has 0 radical (unpaired) electrons. The highest BCUT2D eigenvalue weighted by atomic mass is 16.5. The number of carbonyl (C=O) groups excluding carboxylic acids is 1. The molecule has 1 aliphatic rings. The molecule has 0 unspecified atom stereocenters. The summed E-state index contributed by atoms with van der Waals surface area (Å²) in [7, 11) is 3.16. The van der Waals surface area contributed by atoms with Crippen molar-refractivity contribution in [1.29, 1.82) is 0 Å². The Labute approximate surface area is 169 Å². The van der Waals surface area contributed by atoms with Gasteiger partial charge in [-0.2, -0.15) is 0 Å². The van der Waals surface area contributed by atoms with Crippen molar-refractivity contribution >= 4 is 5.97 Å². The zero-order valence-electron chi connectivity index (χ0n) is 17.2. The van der Waals surface area contributed by atoms with Crippen molar-refractivity contribution in [2.24, 2.45) is 5.92 Å². The highest BCUT2D eigenvalue weighted by Gasteiger charge is 2.31. The van der Waals surface area contributed by atoms with Gasteiger partial charge in [-0.3, -0.25) is 4.79 Å². The zero-order chi connectivity index (χ0) is 21.1. The van der Waals surface area contributed by atoms with Gasteiger partial charge in [-0.1, -0.05) is 13.8 Å². The summed E-state index contributed by atoms with van der Waals surface area (Å²) in [5, 5.41) is 7.37. The van der Waals surface area contributed by atoms with E-state index in [1.807, 2.05) is 10.6 Å². The quantitative estimate of drug-likeness (QED) is 0.493. The molecule has 0 saturated heterocycles. The summed E-state index contributed by atoms with van der Waals surface area (Å²) in [4.78, 5) is 28.6. The Morgan fingerprint density at radius 3 is 2.69 bits per heavy atom. The van der Waals surface area contributed by atoms with E-state index in [1.54, 1.807) is 7.11 Å². The second-order valence-electron chi connectivity index (χ2n) is 7.39. The van der Waals surface area contributed by atoms with Gasteiger partial charge in [-0.25, -0.2) is 4.98 Å². The van der Waals surface area contributed by atoms with E-state index in [0.717, 1.165) is 12.0 Å². The number of nitrogens with zero attached hydrogens (tertiary/aromatic N) is 2. The predicted molar refractivity (Wildman–Crippen MR) is 108 cm³/mol. The third-order valence-corrected chi connectivity index (χ3v) is 5.10. The average molecular weight is 403 g/mol. The normalized spacial score (nSPS) is 15.0. The van der Waals surface area contributed by atoms with E-state index in [4.69, 9.17) is 19.3 Å². The molecular formula is C21H27N2O6+. The van der Waals surface area contributed by atoms with Crippen LogP contribution in [0, 0.1) is 5.92 Å². The van der Waals surface area contributed by atoms with Gasteiger partial charge in [0.25, 0.3) is 5.88 Å². The van der Waals surface area contributed by atoms with E-state index in [9.17, 15) is 9.59 Å². The smallest absolute Gasteiger partial charge is 0.554 e. The summed E-state index contributed by atoms with van der Waals surface area (Å²) in [5.41, 5.74) is 1.59. The van der Waals surface area contributed by atoms with Crippen LogP contribution in [0.3, 0.4) is 0 Å². The summed E-state index contributed by atoms with van der Waals surface area (Å²) < 4.78 is 18.2. The van der Waals surface area contributed by atoms with E-state index in [0.29, 0.717) is 42.7 Å². The third kappa shape index (κ3) is 4.12. The molecule has 29 heavy (non-hydrogen) atoms. The molecule has 8 heteroatoms. The number of hydrogen-bond acceptors (Lipinski definition) is 6. The Bertz CT molecular complexity index is 966. The van der Waals surface area contributed by atoms with Crippen molar-refractivity contribution in [2.45, 2.75) is 32.7 Å². The highest BCUT2D eigenvalue weighted by Crippen LogP contribution is 2.40. The molecule has 2 aromatic heterocycles. The van der Waals surface area contributed by atoms with Gasteiger partial charge in [-0.05, 0) is 24.0 Å². The summed E-state index contributed by atoms with van der Waals surface area (Å²) in [6.07, 6.45) is 2.90. The number of rotatable bonds is 8. The van der Waals surface area contributed by atoms with Crippen LogP contribution in [0.2, 0.25) is 0 Å². The van der Waals surface area contributed by atoms with Crippen molar-refractivity contribution in [3.05, 3.63) is 39.7 Å². The van der Waals surface area contributed by atoms with Crippen molar-refractivity contribution in [3.63, 3.8) is 0 Å². The van der Waals surface area contributed by atoms with E-state index in [1.165, 1.54) is 19.4 Å². The molecule has 3 heterocycles. The number of aromatic nitrogens is 2. The lowest BCUT2D eigenvalue weighted by Crippen LogP contribution is -2.28. The van der Waals surface area contributed by atoms with Crippen LogP contribution in [-0.4, -0.2) is 48.1 Å². The second kappa shape index (κ2) is 8.65. The minimum absolute atomic E-state index is 0.0211. The molecule has 0 amide bonds. The molecule has 0 saturated carbocycles. The van der Waals surface area contributed by atoms with E-state index in [-0.39, 0.29) is 17.5 Å². The standard InChI is InChI=1S/C21H26N2O6/c1-12(2)15-8-13-9-18(29-7-5-6-27-3)20(28-4)22-19(13)16-10-17(24)14(21(25)26)11-23(15)16/h9-12,15H,5-8H2,1-4H3,(H,25,26)/p+1/t15-/m1/s1. The molecule has 0 aliphatic carbocycles. The van der Waals surface area contributed by atoms with Gasteiger partial charge in [0.15, 0.2) is 11.3 Å². The maximum absolute atomic E-state index is 12.4. The first-order valence-electron chi connectivity index (χ1n) is 9.59. The predicted octanol–water partition coefficient (Wildman–Crippen LogP) is 1.95. The van der Waals surface area contributed by atoms with Gasteiger partial charge in [0.1, 0.15) is 0 Å². The van der Waals surface area contributed by atoms with Crippen LogP contribution in [0.1, 0.15) is 42.2 Å². The van der Waals surface area contributed by atoms with E-state index in [2.05, 4.69) is 18.8 Å². The second-order valence-corrected chi connectivity index (χ2v) is 7.39. The number of ether oxygens (including phenoxy) is 3. The van der Waals surface area contributed by atoms with Gasteiger partial charge in [-0.15, -0.1) is 0 Å². The lowest BCUT2D eigenvalue weighted by atomic mass is 9.89. The van der Waals surface area contributed by atoms with Crippen molar-refractivity contribution in [3.8, 4) is 23.0 Å². The van der Waals surface area contributed by atoms with Crippen LogP contribution in [-0.2, 0) is 11.2 Å². The molecule has 1 aliphatic heterocycles. The topological polar surface area (TPSA) is 103 Å². The van der Waals surface area contributed by atoms with Gasteiger partial charge >= 0.3 is 5.97 Å². The molecule has 0 fully saturated rings. The first-order chi connectivity index (χ1) is 13.9. The largest absolute Gasteiger partial charge is 0.561 e. The van der Waals surface area contributed by atoms with Crippen LogP contribution >= 0.6 is 0 Å². The molecule has 0 spiro atoms. The van der Waals surface area contributed by atoms with Gasteiger partial charge < -0.3 is 23.9 Å². The number of fused-ring (bicyclic) bond motifs is 3. The summed E-state index contributed by atoms with van der Waals surface area (Å²) in [6, 6.07) is 3.33. The Kier molecular flexibility index (Phi) is 6.22. The number of hydrogen-bond donors (Lipinski definition) is 0. The van der Waals surface area contributed by atoms with Crippen molar-refractivity contribution < 1.29 is 24.1 Å². The highest BCUT2D eigenvalue weighted by molar-refractivity contribution is 5.87. The first-order valence-corrected chi connectivity index (χ1v) is 9.59. The van der Waals surface area contributed by atoms with E-state index >= 15 is 0 Å². The first kappa shape index (κ1) is 20.9. The number of carbonyl (C=O) groups is 1. The minimum Gasteiger partial charge on any atom is -0.561 e. The van der Waals surface area contributed by atoms with Crippen LogP contribution in [0.5, 0.6) is 11.6 Å². The molecular weight excluding hydrogens is 376 g/mol. The fourth-order valence-corrected chi connectivity index (χ4v) is 3.59. The Balaban J connectivity index is 2.10. The molecule has 0 aromatic carbocycles. The fourth-order valence-electron chi connectivity index (χ4n) is 3.59. The lowest BCUT2D eigenvalue weighted by Gasteiger charge is -2.32. The molecule has 2 N–H and O–H groups in total. The van der Waals surface area contributed by atoms with Crippen LogP contribution < -0.4 is 14.9 Å². The van der Waals surface area contributed by atoms with Crippen molar-refractivity contribution in [2.75, 3.05) is 27.4 Å². The van der Waals surface area contributed by atoms with Crippen LogP contribution in [0.25, 0.3) is 11.4 Å². The van der Waals surface area contributed by atoms with E-state index < -0.39 is 11.4 Å². The Hall–Kier alpha value is -2.87. The van der Waals surface area contributed by atoms with Crippen LogP contribution in [0.4, 0.5) is 0 Å². The van der Waals surface area contributed by atoms with Crippen LogP contribution in [0.15, 0.2) is 23.1 Å². The maximum Gasteiger partial charge on any atom is 0.554 e. The van der Waals surface area contributed by atoms with Gasteiger partial charge in [0.2, 0.25) is 5.43 Å². The Morgan fingerprint density at radius 1 is 1.31 bits per heavy atom. The fraction of sp³-hybridized carbons (Fsp3) is 0.476. The average Bonchev–Trinajstić information content (AvgIpc) is 2.69. The number of pyridine rings is 2. The summed E-state index contributed by atoms with van der Waals surface area (Å²) in [6.45, 7) is 5.24. The minimum atomic E-state index is -0.982. The SMILES string of the molecule is COCCCOc1cc2c(nc1OC)-c1cc(=O)c(C(=O)[OH2+])cn1[C@@H](C(C)C)C2. The van der Waals surface area contributed by atoms with Gasteiger partial charge in [0.05, 0.1) is 25.1 Å². The molecule has 156 valence electrons. The molecule has 3 rings (SSSR count). The third-order valence-electron chi connectivity index (χ3n) is 5.10. The lowest BCUT2D eigenvalue weighted by molar-refractivity contribution is 0.0694. The summed E-state index contributed by atoms with van der Waals surface area (Å²) in [5.74, 6) is 0.151.